The van der Waals surface area contributed by atoms with Crippen LogP contribution in [0.3, 0.4) is 0 Å². The zero-order chi connectivity index (χ0) is 13.2. The molecule has 0 aliphatic carbocycles. The average molecular weight is 268 g/mol. The van der Waals surface area contributed by atoms with Crippen LogP contribution in [0.25, 0.3) is 0 Å². The summed E-state index contributed by atoms with van der Waals surface area (Å²) in [5, 5.41) is 11.9. The Hall–Kier alpha value is -1.40. The van der Waals surface area contributed by atoms with E-state index in [0.717, 1.165) is 5.56 Å². The molecular weight excluding hydrogens is 252 g/mol. The summed E-state index contributed by atoms with van der Waals surface area (Å²) >= 11 is 0. The van der Waals surface area contributed by atoms with Gasteiger partial charge in [0.15, 0.2) is 0 Å². The maximum atomic E-state index is 12.3. The lowest BCUT2D eigenvalue weighted by atomic mass is 10.1. The van der Waals surface area contributed by atoms with Gasteiger partial charge in [0.05, 0.1) is 17.2 Å². The molecular formula is C12H16N2O3S. The molecule has 1 fully saturated rings. The first-order valence-electron chi connectivity index (χ1n) is 5.80. The third-order valence-corrected chi connectivity index (χ3v) is 4.89. The van der Waals surface area contributed by atoms with Crippen molar-refractivity contribution in [1.82, 2.24) is 4.31 Å². The SMILES string of the molecule is Cc1ccc(S(=O)(=O)N2CCC/C(=N\O)C2)cc1. The van der Waals surface area contributed by atoms with Gasteiger partial charge in [-0.15, -0.1) is 0 Å². The number of aryl methyl sites for hydroxylation is 1. The molecule has 1 saturated heterocycles. The van der Waals surface area contributed by atoms with Gasteiger partial charge < -0.3 is 5.21 Å². The molecule has 18 heavy (non-hydrogen) atoms. The first kappa shape index (κ1) is 13.0. The summed E-state index contributed by atoms with van der Waals surface area (Å²) in [4.78, 5) is 0.285. The third kappa shape index (κ3) is 2.54. The van der Waals surface area contributed by atoms with Crippen LogP contribution in [-0.4, -0.2) is 36.7 Å². The highest BCUT2D eigenvalue weighted by Gasteiger charge is 2.28. The number of piperidine rings is 1. The molecule has 2 rings (SSSR count). The van der Waals surface area contributed by atoms with Crippen molar-refractivity contribution in [3.63, 3.8) is 0 Å². The Morgan fingerprint density at radius 3 is 2.56 bits per heavy atom. The molecule has 98 valence electrons. The molecule has 0 spiro atoms. The van der Waals surface area contributed by atoms with Gasteiger partial charge in [-0.05, 0) is 31.9 Å². The Kier molecular flexibility index (Phi) is 3.68. The van der Waals surface area contributed by atoms with E-state index < -0.39 is 10.0 Å². The van der Waals surface area contributed by atoms with E-state index in [1.165, 1.54) is 4.31 Å². The second-order valence-corrected chi connectivity index (χ2v) is 6.36. The molecule has 1 heterocycles. The second-order valence-electron chi connectivity index (χ2n) is 4.42. The number of nitrogens with zero attached hydrogens (tertiary/aromatic N) is 2. The smallest absolute Gasteiger partial charge is 0.243 e. The summed E-state index contributed by atoms with van der Waals surface area (Å²) < 4.78 is 26.1. The lowest BCUT2D eigenvalue weighted by Gasteiger charge is -2.26. The number of benzene rings is 1. The molecule has 0 unspecified atom stereocenters. The molecule has 0 saturated carbocycles. The number of rotatable bonds is 2. The Morgan fingerprint density at radius 1 is 1.28 bits per heavy atom. The minimum atomic E-state index is -3.48. The van der Waals surface area contributed by atoms with Crippen molar-refractivity contribution in [2.45, 2.75) is 24.7 Å². The van der Waals surface area contributed by atoms with E-state index in [1.807, 2.05) is 6.92 Å². The Morgan fingerprint density at radius 2 is 1.94 bits per heavy atom. The van der Waals surface area contributed by atoms with Crippen LogP contribution >= 0.6 is 0 Å². The number of hydrogen-bond donors (Lipinski definition) is 1. The Balaban J connectivity index is 2.28. The van der Waals surface area contributed by atoms with Gasteiger partial charge in [0.2, 0.25) is 10.0 Å². The van der Waals surface area contributed by atoms with E-state index in [4.69, 9.17) is 5.21 Å². The van der Waals surface area contributed by atoms with Crippen LogP contribution in [0.15, 0.2) is 34.3 Å². The van der Waals surface area contributed by atoms with Crippen molar-refractivity contribution < 1.29 is 13.6 Å². The number of oxime groups is 1. The summed E-state index contributed by atoms with van der Waals surface area (Å²) in [5.41, 5.74) is 1.53. The Bertz CT molecular complexity index is 549. The quantitative estimate of drug-likeness (QED) is 0.654. The molecule has 0 amide bonds. The van der Waals surface area contributed by atoms with Crippen LogP contribution in [0.5, 0.6) is 0 Å². The molecule has 1 aromatic carbocycles. The van der Waals surface area contributed by atoms with Gasteiger partial charge in [-0.2, -0.15) is 4.31 Å². The maximum Gasteiger partial charge on any atom is 0.243 e. The molecule has 1 aliphatic heterocycles. The Labute approximate surface area is 107 Å². The van der Waals surface area contributed by atoms with E-state index in [1.54, 1.807) is 24.3 Å². The van der Waals surface area contributed by atoms with Crippen molar-refractivity contribution in [1.29, 1.82) is 0 Å². The molecule has 1 aromatic rings. The van der Waals surface area contributed by atoms with Crippen molar-refractivity contribution in [2.24, 2.45) is 5.16 Å². The number of sulfonamides is 1. The van der Waals surface area contributed by atoms with Crippen LogP contribution < -0.4 is 0 Å². The fraction of sp³-hybridized carbons (Fsp3) is 0.417. The zero-order valence-electron chi connectivity index (χ0n) is 10.2. The van der Waals surface area contributed by atoms with Gasteiger partial charge in [-0.1, -0.05) is 22.9 Å². The largest absolute Gasteiger partial charge is 0.411 e. The standard InChI is InChI=1S/C12H16N2O3S/c1-10-4-6-12(7-5-10)18(16,17)14-8-2-3-11(9-14)13-15/h4-7,15H,2-3,8-9H2,1H3/b13-11+. The molecule has 0 bridgehead atoms. The summed E-state index contributed by atoms with van der Waals surface area (Å²) in [6, 6.07) is 6.76. The van der Waals surface area contributed by atoms with E-state index in [0.29, 0.717) is 25.1 Å². The fourth-order valence-electron chi connectivity index (χ4n) is 1.97. The van der Waals surface area contributed by atoms with Crippen LogP contribution in [-0.2, 0) is 10.0 Å². The fourth-order valence-corrected chi connectivity index (χ4v) is 3.43. The first-order chi connectivity index (χ1) is 8.54. The van der Waals surface area contributed by atoms with Crippen LogP contribution in [0.2, 0.25) is 0 Å². The predicted molar refractivity (Wildman–Crippen MR) is 68.4 cm³/mol. The molecule has 0 radical (unpaired) electrons. The van der Waals surface area contributed by atoms with Gasteiger partial charge >= 0.3 is 0 Å². The highest BCUT2D eigenvalue weighted by atomic mass is 32.2. The highest BCUT2D eigenvalue weighted by Crippen LogP contribution is 2.19. The highest BCUT2D eigenvalue weighted by molar-refractivity contribution is 7.89. The normalized spacial score (nSPS) is 20.2. The lowest BCUT2D eigenvalue weighted by molar-refractivity contribution is 0.309. The van der Waals surface area contributed by atoms with Crippen molar-refractivity contribution in [2.75, 3.05) is 13.1 Å². The van der Waals surface area contributed by atoms with Gasteiger partial charge in [0.25, 0.3) is 0 Å². The third-order valence-electron chi connectivity index (χ3n) is 3.03. The van der Waals surface area contributed by atoms with E-state index in [2.05, 4.69) is 5.16 Å². The maximum absolute atomic E-state index is 12.3. The van der Waals surface area contributed by atoms with Gasteiger partial charge in [0, 0.05) is 6.54 Å². The molecule has 1 N–H and O–H groups in total. The zero-order valence-corrected chi connectivity index (χ0v) is 11.0. The van der Waals surface area contributed by atoms with Crippen molar-refractivity contribution in [3.05, 3.63) is 29.8 Å². The van der Waals surface area contributed by atoms with E-state index in [-0.39, 0.29) is 11.4 Å². The molecule has 1 aliphatic rings. The monoisotopic (exact) mass is 268 g/mol. The summed E-state index contributed by atoms with van der Waals surface area (Å²) in [6.07, 6.45) is 1.33. The first-order valence-corrected chi connectivity index (χ1v) is 7.24. The van der Waals surface area contributed by atoms with Gasteiger partial charge in [-0.25, -0.2) is 8.42 Å². The van der Waals surface area contributed by atoms with Crippen LogP contribution in [0.1, 0.15) is 18.4 Å². The van der Waals surface area contributed by atoms with Crippen molar-refractivity contribution >= 4 is 15.7 Å². The van der Waals surface area contributed by atoms with Gasteiger partial charge in [-0.3, -0.25) is 0 Å². The van der Waals surface area contributed by atoms with Crippen LogP contribution in [0, 0.1) is 6.92 Å². The molecule has 5 nitrogen and oxygen atoms in total. The lowest BCUT2D eigenvalue weighted by Crippen LogP contribution is -2.40. The summed E-state index contributed by atoms with van der Waals surface area (Å²) in [6.45, 7) is 2.55. The minimum Gasteiger partial charge on any atom is -0.411 e. The van der Waals surface area contributed by atoms with E-state index in [9.17, 15) is 8.42 Å². The van der Waals surface area contributed by atoms with Gasteiger partial charge in [0.1, 0.15) is 0 Å². The van der Waals surface area contributed by atoms with E-state index >= 15 is 0 Å². The molecule has 0 aromatic heterocycles. The minimum absolute atomic E-state index is 0.173. The second kappa shape index (κ2) is 5.07. The summed E-state index contributed by atoms with van der Waals surface area (Å²) in [7, 11) is -3.48. The molecule has 6 heteroatoms. The van der Waals surface area contributed by atoms with Crippen LogP contribution in [0.4, 0.5) is 0 Å². The number of hydrogen-bond acceptors (Lipinski definition) is 4. The molecule has 0 atom stereocenters. The van der Waals surface area contributed by atoms with Crippen molar-refractivity contribution in [3.8, 4) is 0 Å². The topological polar surface area (TPSA) is 70.0 Å². The predicted octanol–water partition coefficient (Wildman–Crippen LogP) is 1.61. The average Bonchev–Trinajstić information content (AvgIpc) is 2.39. The summed E-state index contributed by atoms with van der Waals surface area (Å²) in [5.74, 6) is 0.